The van der Waals surface area contributed by atoms with Gasteiger partial charge in [-0.3, -0.25) is 14.3 Å². The van der Waals surface area contributed by atoms with Crippen LogP contribution in [0.2, 0.25) is 0 Å². The molecule has 10 nitrogen and oxygen atoms in total. The molecule has 0 saturated heterocycles. The van der Waals surface area contributed by atoms with E-state index in [-0.39, 0.29) is 17.5 Å². The zero-order valence-electron chi connectivity index (χ0n) is 23.0. The first-order chi connectivity index (χ1) is 19.9. The molecule has 3 aromatic carbocycles. The summed E-state index contributed by atoms with van der Waals surface area (Å²) in [6.45, 7) is 2.60. The van der Waals surface area contributed by atoms with Crippen molar-refractivity contribution in [3.05, 3.63) is 107 Å². The standard InChI is InChI=1S/C31H29N7O3/c1-20(36(2)3)38-29-14-13-25(39)16-23(29)17-27(31(38)40)30-33-34-35-37(30)18-21-7-6-9-26(15-21)41-19-24-12-11-22-8-4-5-10-28(22)32-24/h4-17,20,39H,18-19H2,1-3H3. The molecule has 3 heterocycles. The predicted molar refractivity (Wildman–Crippen MR) is 157 cm³/mol. The summed E-state index contributed by atoms with van der Waals surface area (Å²) in [7, 11) is 3.82. The minimum atomic E-state index is -0.246. The van der Waals surface area contributed by atoms with Gasteiger partial charge in [0.2, 0.25) is 0 Å². The van der Waals surface area contributed by atoms with Gasteiger partial charge in [-0.05, 0) is 85.5 Å². The van der Waals surface area contributed by atoms with Gasteiger partial charge in [0.15, 0.2) is 5.82 Å². The Balaban J connectivity index is 1.29. The second kappa shape index (κ2) is 10.8. The third-order valence-electron chi connectivity index (χ3n) is 7.19. The van der Waals surface area contributed by atoms with Crippen LogP contribution in [0.4, 0.5) is 0 Å². The lowest BCUT2D eigenvalue weighted by molar-refractivity contribution is 0.239. The highest BCUT2D eigenvalue weighted by Gasteiger charge is 2.21. The highest BCUT2D eigenvalue weighted by atomic mass is 16.5. The number of fused-ring (bicyclic) bond motifs is 2. The molecule has 0 aliphatic carbocycles. The number of phenols is 1. The zero-order valence-corrected chi connectivity index (χ0v) is 23.0. The van der Waals surface area contributed by atoms with Crippen LogP contribution in [0.3, 0.4) is 0 Å². The van der Waals surface area contributed by atoms with Crippen molar-refractivity contribution >= 4 is 21.8 Å². The summed E-state index contributed by atoms with van der Waals surface area (Å²) in [4.78, 5) is 20.4. The molecule has 1 N–H and O–H groups in total. The summed E-state index contributed by atoms with van der Waals surface area (Å²) >= 11 is 0. The Kier molecular flexibility index (Phi) is 6.90. The van der Waals surface area contributed by atoms with Crippen LogP contribution in [-0.4, -0.2) is 53.9 Å². The van der Waals surface area contributed by atoms with E-state index in [1.807, 2.05) is 86.6 Å². The van der Waals surface area contributed by atoms with Gasteiger partial charge in [-0.1, -0.05) is 36.4 Å². The maximum atomic E-state index is 13.8. The van der Waals surface area contributed by atoms with Gasteiger partial charge in [0.05, 0.1) is 35.0 Å². The van der Waals surface area contributed by atoms with Gasteiger partial charge in [0.25, 0.3) is 5.56 Å². The number of tetrazole rings is 1. The summed E-state index contributed by atoms with van der Waals surface area (Å²) in [5, 5.41) is 24.2. The number of benzene rings is 3. The van der Waals surface area contributed by atoms with Gasteiger partial charge >= 0.3 is 0 Å². The molecule has 0 spiro atoms. The quantitative estimate of drug-likeness (QED) is 0.294. The number of hydrogen-bond acceptors (Lipinski definition) is 8. The highest BCUT2D eigenvalue weighted by Crippen LogP contribution is 2.26. The molecule has 0 fully saturated rings. The summed E-state index contributed by atoms with van der Waals surface area (Å²) < 4.78 is 9.34. The van der Waals surface area contributed by atoms with Crippen molar-refractivity contribution in [1.29, 1.82) is 0 Å². The van der Waals surface area contributed by atoms with E-state index in [0.717, 1.165) is 22.2 Å². The fourth-order valence-electron chi connectivity index (χ4n) is 4.85. The van der Waals surface area contributed by atoms with E-state index in [4.69, 9.17) is 4.74 Å². The van der Waals surface area contributed by atoms with Crippen molar-refractivity contribution in [2.75, 3.05) is 14.1 Å². The lowest BCUT2D eigenvalue weighted by Crippen LogP contribution is -2.33. The van der Waals surface area contributed by atoms with E-state index in [0.29, 0.717) is 41.2 Å². The number of pyridine rings is 2. The smallest absolute Gasteiger partial charge is 0.263 e. The lowest BCUT2D eigenvalue weighted by atomic mass is 10.1. The second-order valence-electron chi connectivity index (χ2n) is 10.2. The first kappa shape index (κ1) is 26.1. The Morgan fingerprint density at radius 3 is 2.66 bits per heavy atom. The molecule has 0 radical (unpaired) electrons. The van der Waals surface area contributed by atoms with E-state index in [1.54, 1.807) is 33.5 Å². The predicted octanol–water partition coefficient (Wildman–Crippen LogP) is 4.62. The Morgan fingerprint density at radius 1 is 0.951 bits per heavy atom. The Morgan fingerprint density at radius 2 is 1.80 bits per heavy atom. The summed E-state index contributed by atoms with van der Waals surface area (Å²) in [5.41, 5.74) is 3.50. The topological polar surface area (TPSA) is 111 Å². The number of hydrogen-bond donors (Lipinski definition) is 1. The minimum Gasteiger partial charge on any atom is -0.508 e. The molecule has 0 amide bonds. The molecule has 1 unspecified atom stereocenters. The number of rotatable bonds is 8. The Labute approximate surface area is 236 Å². The van der Waals surface area contributed by atoms with E-state index >= 15 is 0 Å². The molecule has 6 aromatic rings. The molecule has 10 heteroatoms. The van der Waals surface area contributed by atoms with Gasteiger partial charge in [0, 0.05) is 10.8 Å². The molecule has 6 rings (SSSR count). The molecular weight excluding hydrogens is 518 g/mol. The molecule has 0 aliphatic heterocycles. The Hall–Kier alpha value is -5.09. The van der Waals surface area contributed by atoms with Crippen molar-refractivity contribution in [3.8, 4) is 22.9 Å². The molecule has 3 aromatic heterocycles. The van der Waals surface area contributed by atoms with Crippen LogP contribution >= 0.6 is 0 Å². The molecule has 0 saturated carbocycles. The van der Waals surface area contributed by atoms with Crippen molar-refractivity contribution in [2.45, 2.75) is 26.2 Å². The maximum Gasteiger partial charge on any atom is 0.263 e. The van der Waals surface area contributed by atoms with Gasteiger partial charge in [-0.15, -0.1) is 5.10 Å². The van der Waals surface area contributed by atoms with Crippen LogP contribution in [0.5, 0.6) is 11.5 Å². The monoisotopic (exact) mass is 547 g/mol. The molecule has 41 heavy (non-hydrogen) atoms. The summed E-state index contributed by atoms with van der Waals surface area (Å²) in [6, 6.07) is 26.4. The first-order valence-electron chi connectivity index (χ1n) is 13.2. The van der Waals surface area contributed by atoms with E-state index in [1.165, 1.54) is 0 Å². The molecular formula is C31H29N7O3. The third kappa shape index (κ3) is 5.24. The average molecular weight is 548 g/mol. The third-order valence-corrected chi connectivity index (χ3v) is 7.19. The minimum absolute atomic E-state index is 0.112. The van der Waals surface area contributed by atoms with E-state index in [2.05, 4.69) is 20.5 Å². The molecule has 0 aliphatic rings. The van der Waals surface area contributed by atoms with E-state index in [9.17, 15) is 9.90 Å². The van der Waals surface area contributed by atoms with Crippen LogP contribution in [0.1, 0.15) is 24.3 Å². The molecule has 206 valence electrons. The van der Waals surface area contributed by atoms with Crippen LogP contribution in [-0.2, 0) is 13.2 Å². The van der Waals surface area contributed by atoms with E-state index < -0.39 is 0 Å². The van der Waals surface area contributed by atoms with Crippen LogP contribution in [0.25, 0.3) is 33.2 Å². The van der Waals surface area contributed by atoms with Gasteiger partial charge in [0.1, 0.15) is 18.1 Å². The van der Waals surface area contributed by atoms with Crippen molar-refractivity contribution in [2.24, 2.45) is 0 Å². The van der Waals surface area contributed by atoms with Gasteiger partial charge < -0.3 is 9.84 Å². The normalized spacial score (nSPS) is 12.3. The number of nitrogens with zero attached hydrogens (tertiary/aromatic N) is 7. The number of phenolic OH excluding ortho intramolecular Hbond substituents is 1. The number of aromatic nitrogens is 6. The number of ether oxygens (including phenoxy) is 1. The fourth-order valence-corrected chi connectivity index (χ4v) is 4.85. The highest BCUT2D eigenvalue weighted by molar-refractivity contribution is 5.84. The summed E-state index contributed by atoms with van der Waals surface area (Å²) in [6.07, 6.45) is -0.246. The van der Waals surface area contributed by atoms with Crippen molar-refractivity contribution in [3.63, 3.8) is 0 Å². The second-order valence-corrected chi connectivity index (χ2v) is 10.2. The maximum absolute atomic E-state index is 13.8. The largest absolute Gasteiger partial charge is 0.508 e. The fraction of sp³-hybridized carbons (Fsp3) is 0.194. The van der Waals surface area contributed by atoms with Gasteiger partial charge in [-0.2, -0.15) is 0 Å². The van der Waals surface area contributed by atoms with Crippen molar-refractivity contribution < 1.29 is 9.84 Å². The Bertz CT molecular complexity index is 1930. The summed E-state index contributed by atoms with van der Waals surface area (Å²) in [5.74, 6) is 1.14. The van der Waals surface area contributed by atoms with Crippen LogP contribution in [0, 0.1) is 0 Å². The molecule has 0 bridgehead atoms. The van der Waals surface area contributed by atoms with Crippen LogP contribution < -0.4 is 10.3 Å². The van der Waals surface area contributed by atoms with Crippen LogP contribution in [0.15, 0.2) is 89.7 Å². The molecule has 1 atom stereocenters. The zero-order chi connectivity index (χ0) is 28.5. The van der Waals surface area contributed by atoms with Crippen molar-refractivity contribution in [1.82, 2.24) is 34.7 Å². The SMILES string of the molecule is CC(N(C)C)n1c(=O)c(-c2nnnn2Cc2cccc(OCc3ccc4ccccc4n3)c2)cc2cc(O)ccc21. The average Bonchev–Trinajstić information content (AvgIpc) is 3.43. The number of para-hydroxylation sites is 1. The van der Waals surface area contributed by atoms with Gasteiger partial charge in [-0.25, -0.2) is 9.67 Å². The number of aromatic hydroxyl groups is 1. The first-order valence-corrected chi connectivity index (χ1v) is 13.2. The lowest BCUT2D eigenvalue weighted by Gasteiger charge is -2.25.